The largest absolute Gasteiger partial charge is 0.394 e. The van der Waals surface area contributed by atoms with Crippen LogP contribution in [0.4, 0.5) is 5.69 Å². The van der Waals surface area contributed by atoms with E-state index in [1.165, 1.54) is 0 Å². The maximum absolute atomic E-state index is 8.77. The van der Waals surface area contributed by atoms with Crippen molar-refractivity contribution >= 4 is 17.3 Å². The summed E-state index contributed by atoms with van der Waals surface area (Å²) in [5.41, 5.74) is 1.96. The fraction of sp³-hybridized carbons (Fsp3) is 0.273. The number of aliphatic hydroxyl groups excluding tert-OH is 1. The molecule has 0 aromatic carbocycles. The molecule has 0 saturated heterocycles. The van der Waals surface area contributed by atoms with Gasteiger partial charge in [-0.05, 0) is 12.1 Å². The molecule has 90 valence electrons. The Labute approximate surface area is 104 Å². The van der Waals surface area contributed by atoms with Crippen molar-refractivity contribution in [3.8, 4) is 0 Å². The van der Waals surface area contributed by atoms with Crippen LogP contribution in [0.15, 0.2) is 30.7 Å². The van der Waals surface area contributed by atoms with Crippen LogP contribution < -0.4 is 5.32 Å². The van der Waals surface area contributed by atoms with Crippen LogP contribution in [0.2, 0.25) is 5.15 Å². The molecule has 0 unspecified atom stereocenters. The zero-order valence-corrected chi connectivity index (χ0v) is 9.93. The van der Waals surface area contributed by atoms with E-state index in [2.05, 4.69) is 15.4 Å². The van der Waals surface area contributed by atoms with Crippen LogP contribution in [0.5, 0.6) is 0 Å². The molecule has 0 spiro atoms. The third-order valence-electron chi connectivity index (χ3n) is 2.24. The summed E-state index contributed by atoms with van der Waals surface area (Å²) in [5.74, 6) is 0. The van der Waals surface area contributed by atoms with E-state index >= 15 is 0 Å². The van der Waals surface area contributed by atoms with Crippen molar-refractivity contribution in [2.45, 2.75) is 13.1 Å². The van der Waals surface area contributed by atoms with Gasteiger partial charge in [0.2, 0.25) is 0 Å². The number of halogens is 1. The number of aliphatic hydroxyl groups is 1. The highest BCUT2D eigenvalue weighted by Crippen LogP contribution is 2.11. The topological polar surface area (TPSA) is 63.0 Å². The van der Waals surface area contributed by atoms with E-state index in [0.29, 0.717) is 18.2 Å². The van der Waals surface area contributed by atoms with Gasteiger partial charge in [-0.2, -0.15) is 5.10 Å². The summed E-state index contributed by atoms with van der Waals surface area (Å²) in [4.78, 5) is 3.98. The maximum atomic E-state index is 8.77. The predicted molar refractivity (Wildman–Crippen MR) is 65.9 cm³/mol. The molecule has 6 heteroatoms. The third-order valence-corrected chi connectivity index (χ3v) is 2.46. The molecule has 2 aromatic heterocycles. The molecule has 2 rings (SSSR count). The lowest BCUT2D eigenvalue weighted by atomic mass is 10.3. The minimum absolute atomic E-state index is 0.0929. The summed E-state index contributed by atoms with van der Waals surface area (Å²) < 4.78 is 1.71. The minimum Gasteiger partial charge on any atom is -0.394 e. The second-order valence-electron chi connectivity index (χ2n) is 3.56. The van der Waals surface area contributed by atoms with Crippen LogP contribution in [-0.4, -0.2) is 26.5 Å². The average molecular weight is 253 g/mol. The van der Waals surface area contributed by atoms with E-state index in [0.717, 1.165) is 11.3 Å². The second kappa shape index (κ2) is 5.65. The first-order valence-electron chi connectivity index (χ1n) is 5.25. The number of pyridine rings is 1. The summed E-state index contributed by atoms with van der Waals surface area (Å²) in [6, 6.07) is 3.60. The quantitative estimate of drug-likeness (QED) is 0.793. The zero-order chi connectivity index (χ0) is 12.1. The molecular weight excluding hydrogens is 240 g/mol. The molecule has 0 amide bonds. The van der Waals surface area contributed by atoms with Crippen LogP contribution in [0.1, 0.15) is 5.56 Å². The maximum Gasteiger partial charge on any atom is 0.129 e. The van der Waals surface area contributed by atoms with Gasteiger partial charge in [-0.25, -0.2) is 4.98 Å². The molecule has 5 nitrogen and oxygen atoms in total. The fourth-order valence-corrected chi connectivity index (χ4v) is 1.52. The molecule has 0 bridgehead atoms. The highest BCUT2D eigenvalue weighted by molar-refractivity contribution is 6.29. The Hall–Kier alpha value is -1.59. The Balaban J connectivity index is 1.90. The molecule has 0 aliphatic rings. The molecule has 0 fully saturated rings. The van der Waals surface area contributed by atoms with Crippen molar-refractivity contribution < 1.29 is 5.11 Å². The molecule has 0 radical (unpaired) electrons. The minimum atomic E-state index is 0.0929. The van der Waals surface area contributed by atoms with Crippen molar-refractivity contribution in [1.82, 2.24) is 14.8 Å². The molecule has 2 heterocycles. The van der Waals surface area contributed by atoms with Crippen molar-refractivity contribution in [2.24, 2.45) is 0 Å². The Bertz CT molecular complexity index is 469. The molecule has 0 atom stereocenters. The van der Waals surface area contributed by atoms with Gasteiger partial charge in [-0.1, -0.05) is 11.6 Å². The van der Waals surface area contributed by atoms with E-state index in [-0.39, 0.29) is 6.61 Å². The first-order chi connectivity index (χ1) is 8.28. The monoisotopic (exact) mass is 252 g/mol. The number of hydrogen-bond acceptors (Lipinski definition) is 4. The summed E-state index contributed by atoms with van der Waals surface area (Å²) >= 11 is 5.69. The predicted octanol–water partition coefficient (Wildman–Crippen LogP) is 1.54. The highest BCUT2D eigenvalue weighted by atomic mass is 35.5. The van der Waals surface area contributed by atoms with Gasteiger partial charge < -0.3 is 10.4 Å². The van der Waals surface area contributed by atoms with Crippen molar-refractivity contribution in [3.05, 3.63) is 41.4 Å². The normalized spacial score (nSPS) is 10.5. The van der Waals surface area contributed by atoms with Gasteiger partial charge in [-0.15, -0.1) is 0 Å². The highest BCUT2D eigenvalue weighted by Gasteiger charge is 1.98. The van der Waals surface area contributed by atoms with Gasteiger partial charge in [0.15, 0.2) is 0 Å². The van der Waals surface area contributed by atoms with E-state index < -0.39 is 0 Å². The lowest BCUT2D eigenvalue weighted by molar-refractivity contribution is 0.269. The summed E-state index contributed by atoms with van der Waals surface area (Å²) in [6.07, 6.45) is 5.35. The second-order valence-corrected chi connectivity index (χ2v) is 3.95. The van der Waals surface area contributed by atoms with E-state index in [1.807, 2.05) is 12.3 Å². The van der Waals surface area contributed by atoms with Crippen molar-refractivity contribution in [2.75, 3.05) is 11.9 Å². The van der Waals surface area contributed by atoms with Gasteiger partial charge in [0.05, 0.1) is 31.2 Å². The average Bonchev–Trinajstić information content (AvgIpc) is 2.77. The number of rotatable bonds is 5. The van der Waals surface area contributed by atoms with Gasteiger partial charge in [0, 0.05) is 18.3 Å². The van der Waals surface area contributed by atoms with Gasteiger partial charge >= 0.3 is 0 Å². The van der Waals surface area contributed by atoms with Crippen LogP contribution in [-0.2, 0) is 13.1 Å². The Morgan fingerprint density at radius 2 is 2.24 bits per heavy atom. The van der Waals surface area contributed by atoms with Gasteiger partial charge in [-0.3, -0.25) is 4.68 Å². The Kier molecular flexibility index (Phi) is 3.95. The number of hydrogen-bond donors (Lipinski definition) is 2. The first-order valence-corrected chi connectivity index (χ1v) is 5.63. The van der Waals surface area contributed by atoms with E-state index in [4.69, 9.17) is 16.7 Å². The Morgan fingerprint density at radius 1 is 1.35 bits per heavy atom. The molecule has 2 aromatic rings. The first kappa shape index (κ1) is 11.9. The standard InChI is InChI=1S/C11H13ClN4O/c12-11-2-1-10(7-14-11)13-5-9-6-15-16(8-9)3-4-17/h1-2,6-8,13,17H,3-5H2. The molecule has 2 N–H and O–H groups in total. The SMILES string of the molecule is OCCn1cc(CNc2ccc(Cl)nc2)cn1. The summed E-state index contributed by atoms with van der Waals surface area (Å²) in [6.45, 7) is 1.27. The summed E-state index contributed by atoms with van der Waals surface area (Å²) in [7, 11) is 0. The molecular formula is C11H13ClN4O. The molecule has 0 aliphatic heterocycles. The lowest BCUT2D eigenvalue weighted by Gasteiger charge is -2.03. The van der Waals surface area contributed by atoms with Crippen molar-refractivity contribution in [3.63, 3.8) is 0 Å². The van der Waals surface area contributed by atoms with Crippen LogP contribution in [0.25, 0.3) is 0 Å². The molecule has 0 saturated carbocycles. The van der Waals surface area contributed by atoms with Crippen LogP contribution >= 0.6 is 11.6 Å². The van der Waals surface area contributed by atoms with Crippen molar-refractivity contribution in [1.29, 1.82) is 0 Å². The number of aromatic nitrogens is 3. The van der Waals surface area contributed by atoms with Gasteiger partial charge in [0.1, 0.15) is 5.15 Å². The van der Waals surface area contributed by atoms with E-state index in [1.54, 1.807) is 23.1 Å². The lowest BCUT2D eigenvalue weighted by Crippen LogP contribution is -2.02. The summed E-state index contributed by atoms with van der Waals surface area (Å²) in [5, 5.41) is 16.6. The molecule has 17 heavy (non-hydrogen) atoms. The zero-order valence-electron chi connectivity index (χ0n) is 9.17. The van der Waals surface area contributed by atoms with Crippen LogP contribution in [0.3, 0.4) is 0 Å². The smallest absolute Gasteiger partial charge is 0.129 e. The number of nitrogens with one attached hydrogen (secondary N) is 1. The Morgan fingerprint density at radius 3 is 2.94 bits per heavy atom. The number of anilines is 1. The van der Waals surface area contributed by atoms with Gasteiger partial charge in [0.25, 0.3) is 0 Å². The van der Waals surface area contributed by atoms with E-state index in [9.17, 15) is 0 Å². The molecule has 0 aliphatic carbocycles. The fourth-order valence-electron chi connectivity index (χ4n) is 1.41. The third kappa shape index (κ3) is 3.44. The number of nitrogens with zero attached hydrogens (tertiary/aromatic N) is 3. The van der Waals surface area contributed by atoms with Crippen LogP contribution in [0, 0.1) is 0 Å².